The van der Waals surface area contributed by atoms with Crippen LogP contribution in [0.5, 0.6) is 0 Å². The van der Waals surface area contributed by atoms with Gasteiger partial charge in [0.2, 0.25) is 11.8 Å². The summed E-state index contributed by atoms with van der Waals surface area (Å²) in [6, 6.07) is 0. The summed E-state index contributed by atoms with van der Waals surface area (Å²) in [6.07, 6.45) is 2.51. The zero-order chi connectivity index (χ0) is 12.7. The van der Waals surface area contributed by atoms with Crippen LogP contribution in [0, 0.1) is 0 Å². The topological polar surface area (TPSA) is 78.7 Å². The van der Waals surface area contributed by atoms with Gasteiger partial charge in [0.25, 0.3) is 0 Å². The predicted molar refractivity (Wildman–Crippen MR) is 65.4 cm³/mol. The Kier molecular flexibility index (Phi) is 5.93. The lowest BCUT2D eigenvalue weighted by atomic mass is 10.4. The molecule has 0 radical (unpaired) electrons. The third kappa shape index (κ3) is 5.14. The van der Waals surface area contributed by atoms with E-state index in [-0.39, 0.29) is 24.9 Å². The van der Waals surface area contributed by atoms with E-state index in [1.165, 1.54) is 12.8 Å². The molecule has 0 saturated carbocycles. The van der Waals surface area contributed by atoms with Gasteiger partial charge >= 0.3 is 0 Å². The maximum atomic E-state index is 11.6. The largest absolute Gasteiger partial charge is 0.346 e. The summed E-state index contributed by atoms with van der Waals surface area (Å²) in [5, 5.41) is 2.47. The number of hydrogen-bond acceptors (Lipinski definition) is 4. The van der Waals surface area contributed by atoms with Crippen LogP contribution >= 0.6 is 0 Å². The van der Waals surface area contributed by atoms with Gasteiger partial charge in [-0.3, -0.25) is 9.59 Å². The second-order valence-electron chi connectivity index (χ2n) is 4.34. The molecule has 1 heterocycles. The fraction of sp³-hybridized carbons (Fsp3) is 0.818. The molecule has 3 N–H and O–H groups in total. The second kappa shape index (κ2) is 7.24. The summed E-state index contributed by atoms with van der Waals surface area (Å²) in [5.41, 5.74) is 5.13. The van der Waals surface area contributed by atoms with Gasteiger partial charge in [0.15, 0.2) is 0 Å². The van der Waals surface area contributed by atoms with Crippen LogP contribution in [0.4, 0.5) is 0 Å². The maximum absolute atomic E-state index is 11.6. The molecule has 6 nitrogen and oxygen atoms in total. The minimum atomic E-state index is -0.300. The molecule has 1 saturated heterocycles. The third-order valence-corrected chi connectivity index (χ3v) is 3.00. The Morgan fingerprint density at radius 1 is 1.35 bits per heavy atom. The Bertz CT molecular complexity index is 264. The van der Waals surface area contributed by atoms with Crippen LogP contribution in [0.2, 0.25) is 0 Å². The molecule has 1 aliphatic heterocycles. The summed E-state index contributed by atoms with van der Waals surface area (Å²) in [4.78, 5) is 26.5. The highest BCUT2D eigenvalue weighted by molar-refractivity contribution is 5.85. The highest BCUT2D eigenvalue weighted by Crippen LogP contribution is 2.06. The van der Waals surface area contributed by atoms with Crippen LogP contribution in [-0.2, 0) is 9.59 Å². The monoisotopic (exact) mass is 242 g/mol. The molecule has 0 aliphatic carbocycles. The Labute approximate surface area is 102 Å². The molecule has 0 aromatic heterocycles. The molecular weight excluding hydrogens is 220 g/mol. The fourth-order valence-corrected chi connectivity index (χ4v) is 1.80. The van der Waals surface area contributed by atoms with E-state index < -0.39 is 0 Å². The smallest absolute Gasteiger partial charge is 0.241 e. The van der Waals surface area contributed by atoms with Crippen molar-refractivity contribution in [2.45, 2.75) is 12.8 Å². The number of hydrogen-bond donors (Lipinski definition) is 2. The van der Waals surface area contributed by atoms with Crippen molar-refractivity contribution in [1.29, 1.82) is 0 Å². The molecule has 0 spiro atoms. The van der Waals surface area contributed by atoms with Gasteiger partial charge in [-0.05, 0) is 25.9 Å². The lowest BCUT2D eigenvalue weighted by molar-refractivity contribution is -0.131. The molecular formula is C11H22N4O2. The van der Waals surface area contributed by atoms with Crippen LogP contribution in [0.3, 0.4) is 0 Å². The van der Waals surface area contributed by atoms with E-state index in [4.69, 9.17) is 5.73 Å². The summed E-state index contributed by atoms with van der Waals surface area (Å²) < 4.78 is 0. The van der Waals surface area contributed by atoms with Crippen molar-refractivity contribution in [3.05, 3.63) is 0 Å². The molecule has 2 amide bonds. The van der Waals surface area contributed by atoms with Crippen LogP contribution in [0.1, 0.15) is 12.8 Å². The van der Waals surface area contributed by atoms with E-state index >= 15 is 0 Å². The van der Waals surface area contributed by atoms with Gasteiger partial charge in [-0.2, -0.15) is 0 Å². The average molecular weight is 242 g/mol. The highest BCUT2D eigenvalue weighted by atomic mass is 16.2. The standard InChI is InChI=1S/C11H22N4O2/c1-14(6-7-15-4-2-3-5-15)11(17)9-13-10(16)8-12/h2-9,12H2,1H3,(H,13,16). The first kappa shape index (κ1) is 13.9. The SMILES string of the molecule is CN(CCN1CCCC1)C(=O)CNC(=O)CN. The number of carbonyl (C=O) groups is 2. The second-order valence-corrected chi connectivity index (χ2v) is 4.34. The van der Waals surface area contributed by atoms with Gasteiger partial charge in [0.05, 0.1) is 13.1 Å². The van der Waals surface area contributed by atoms with Gasteiger partial charge in [-0.15, -0.1) is 0 Å². The van der Waals surface area contributed by atoms with E-state index in [0.717, 1.165) is 19.6 Å². The Balaban J connectivity index is 2.14. The molecule has 1 fully saturated rings. The van der Waals surface area contributed by atoms with Crippen molar-refractivity contribution in [1.82, 2.24) is 15.1 Å². The number of nitrogens with zero attached hydrogens (tertiary/aromatic N) is 2. The first-order valence-corrected chi connectivity index (χ1v) is 6.06. The highest BCUT2D eigenvalue weighted by Gasteiger charge is 2.14. The minimum Gasteiger partial charge on any atom is -0.346 e. The molecule has 1 rings (SSSR count). The molecule has 17 heavy (non-hydrogen) atoms. The summed E-state index contributed by atoms with van der Waals surface area (Å²) in [7, 11) is 1.76. The minimum absolute atomic E-state index is 0.0343. The summed E-state index contributed by atoms with van der Waals surface area (Å²) in [5.74, 6) is -0.378. The number of nitrogens with one attached hydrogen (secondary N) is 1. The lowest BCUT2D eigenvalue weighted by Crippen LogP contribution is -2.42. The third-order valence-electron chi connectivity index (χ3n) is 3.00. The first-order valence-electron chi connectivity index (χ1n) is 6.06. The van der Waals surface area contributed by atoms with E-state index in [0.29, 0.717) is 6.54 Å². The van der Waals surface area contributed by atoms with Crippen molar-refractivity contribution in [2.24, 2.45) is 5.73 Å². The molecule has 6 heteroatoms. The molecule has 0 aromatic carbocycles. The zero-order valence-corrected chi connectivity index (χ0v) is 10.4. The van der Waals surface area contributed by atoms with Gasteiger partial charge < -0.3 is 20.9 Å². The molecule has 0 atom stereocenters. The molecule has 1 aliphatic rings. The fourth-order valence-electron chi connectivity index (χ4n) is 1.80. The zero-order valence-electron chi connectivity index (χ0n) is 10.4. The van der Waals surface area contributed by atoms with Crippen molar-refractivity contribution in [2.75, 3.05) is 46.3 Å². The van der Waals surface area contributed by atoms with Crippen LogP contribution in [0.25, 0.3) is 0 Å². The van der Waals surface area contributed by atoms with Crippen LogP contribution in [0.15, 0.2) is 0 Å². The van der Waals surface area contributed by atoms with E-state index in [2.05, 4.69) is 10.2 Å². The lowest BCUT2D eigenvalue weighted by Gasteiger charge is -2.21. The number of likely N-dealkylation sites (N-methyl/N-ethyl adjacent to an activating group) is 1. The normalized spacial score (nSPS) is 15.9. The van der Waals surface area contributed by atoms with Crippen LogP contribution in [-0.4, -0.2) is 67.9 Å². The van der Waals surface area contributed by atoms with Crippen molar-refractivity contribution >= 4 is 11.8 Å². The number of likely N-dealkylation sites (tertiary alicyclic amines) is 1. The average Bonchev–Trinajstić information content (AvgIpc) is 2.85. The van der Waals surface area contributed by atoms with Crippen LogP contribution < -0.4 is 11.1 Å². The number of rotatable bonds is 6. The summed E-state index contributed by atoms with van der Waals surface area (Å²) in [6.45, 7) is 3.83. The van der Waals surface area contributed by atoms with Gasteiger partial charge in [0.1, 0.15) is 0 Å². The van der Waals surface area contributed by atoms with Gasteiger partial charge in [-0.1, -0.05) is 0 Å². The summed E-state index contributed by atoms with van der Waals surface area (Å²) >= 11 is 0. The quantitative estimate of drug-likeness (QED) is 0.601. The number of nitrogens with two attached hydrogens (primary N) is 1. The molecule has 98 valence electrons. The first-order chi connectivity index (χ1) is 8.13. The van der Waals surface area contributed by atoms with Gasteiger partial charge in [0, 0.05) is 20.1 Å². The molecule has 0 bridgehead atoms. The number of carbonyl (C=O) groups excluding carboxylic acids is 2. The van der Waals surface area contributed by atoms with E-state index in [9.17, 15) is 9.59 Å². The number of amides is 2. The predicted octanol–water partition coefficient (Wildman–Crippen LogP) is -1.38. The Morgan fingerprint density at radius 3 is 2.59 bits per heavy atom. The van der Waals surface area contributed by atoms with E-state index in [1.54, 1.807) is 11.9 Å². The van der Waals surface area contributed by atoms with Gasteiger partial charge in [-0.25, -0.2) is 0 Å². The maximum Gasteiger partial charge on any atom is 0.241 e. The van der Waals surface area contributed by atoms with Crippen molar-refractivity contribution in [3.63, 3.8) is 0 Å². The Hall–Kier alpha value is -1.14. The molecule has 0 aromatic rings. The van der Waals surface area contributed by atoms with Crippen molar-refractivity contribution in [3.8, 4) is 0 Å². The Morgan fingerprint density at radius 2 is 2.00 bits per heavy atom. The van der Waals surface area contributed by atoms with Crippen molar-refractivity contribution < 1.29 is 9.59 Å². The molecule has 0 unspecified atom stereocenters. The van der Waals surface area contributed by atoms with E-state index in [1.807, 2.05) is 0 Å².